The maximum atomic E-state index is 12.0. The van der Waals surface area contributed by atoms with Crippen LogP contribution in [0.5, 0.6) is 0 Å². The second kappa shape index (κ2) is 7.04. The van der Waals surface area contributed by atoms with Gasteiger partial charge in [0, 0.05) is 6.54 Å². The highest BCUT2D eigenvalue weighted by Gasteiger charge is 2.20. The predicted octanol–water partition coefficient (Wildman–Crippen LogP) is 0.616. The van der Waals surface area contributed by atoms with Crippen molar-refractivity contribution in [2.24, 2.45) is 5.73 Å². The van der Waals surface area contributed by atoms with Gasteiger partial charge in [-0.05, 0) is 12.0 Å². The Balaban J connectivity index is 2.71. The van der Waals surface area contributed by atoms with E-state index in [1.54, 1.807) is 0 Å². The van der Waals surface area contributed by atoms with Crippen LogP contribution < -0.4 is 11.1 Å². The molecule has 0 fully saturated rings. The Morgan fingerprint density at radius 3 is 2.53 bits per heavy atom. The summed E-state index contributed by atoms with van der Waals surface area (Å²) in [6.45, 7) is 2.13. The van der Waals surface area contributed by atoms with E-state index in [1.165, 1.54) is 0 Å². The van der Waals surface area contributed by atoms with Crippen molar-refractivity contribution < 1.29 is 9.90 Å². The molecule has 0 aromatic heterocycles. The van der Waals surface area contributed by atoms with E-state index in [0.717, 1.165) is 5.56 Å². The minimum absolute atomic E-state index is 0.0473. The lowest BCUT2D eigenvalue weighted by atomic mass is 9.98. The molecular weight excluding hydrogens is 216 g/mol. The third kappa shape index (κ3) is 3.84. The van der Waals surface area contributed by atoms with E-state index in [1.807, 2.05) is 37.3 Å². The van der Waals surface area contributed by atoms with Crippen LogP contribution in [0, 0.1) is 0 Å². The Morgan fingerprint density at radius 2 is 2.06 bits per heavy atom. The number of nitrogens with two attached hydrogens (primary N) is 1. The molecule has 4 heteroatoms. The maximum absolute atomic E-state index is 12.0. The van der Waals surface area contributed by atoms with Crippen molar-refractivity contribution in [3.63, 3.8) is 0 Å². The van der Waals surface area contributed by atoms with Crippen LogP contribution in [-0.2, 0) is 4.79 Å². The number of aliphatic hydroxyl groups is 1. The second-order valence-electron chi connectivity index (χ2n) is 4.00. The highest BCUT2D eigenvalue weighted by molar-refractivity contribution is 5.84. The van der Waals surface area contributed by atoms with Gasteiger partial charge in [0.1, 0.15) is 0 Å². The van der Waals surface area contributed by atoms with Crippen molar-refractivity contribution >= 4 is 5.91 Å². The number of carbonyl (C=O) groups is 1. The van der Waals surface area contributed by atoms with Gasteiger partial charge in [0.25, 0.3) is 0 Å². The first-order valence-corrected chi connectivity index (χ1v) is 5.89. The molecule has 0 bridgehead atoms. The minimum atomic E-state index is -0.350. The quantitative estimate of drug-likeness (QED) is 0.677. The van der Waals surface area contributed by atoms with Crippen LogP contribution in [0.1, 0.15) is 24.8 Å². The van der Waals surface area contributed by atoms with Gasteiger partial charge in [-0.3, -0.25) is 4.79 Å². The first-order chi connectivity index (χ1) is 8.22. The SMILES string of the molecule is CCC(CO)NC(=O)C(CN)c1ccccc1. The number of amides is 1. The van der Waals surface area contributed by atoms with Crippen LogP contribution in [0.3, 0.4) is 0 Å². The average molecular weight is 236 g/mol. The highest BCUT2D eigenvalue weighted by atomic mass is 16.3. The monoisotopic (exact) mass is 236 g/mol. The first kappa shape index (κ1) is 13.7. The van der Waals surface area contributed by atoms with Gasteiger partial charge in [-0.1, -0.05) is 37.3 Å². The Hall–Kier alpha value is -1.39. The summed E-state index contributed by atoms with van der Waals surface area (Å²) in [5.41, 5.74) is 6.54. The Morgan fingerprint density at radius 1 is 1.41 bits per heavy atom. The van der Waals surface area contributed by atoms with Crippen molar-refractivity contribution in [2.75, 3.05) is 13.2 Å². The van der Waals surface area contributed by atoms with Crippen LogP contribution in [0.2, 0.25) is 0 Å². The van der Waals surface area contributed by atoms with Crippen molar-refractivity contribution in [3.05, 3.63) is 35.9 Å². The van der Waals surface area contributed by atoms with E-state index in [0.29, 0.717) is 6.42 Å². The van der Waals surface area contributed by atoms with Gasteiger partial charge in [0.15, 0.2) is 0 Å². The van der Waals surface area contributed by atoms with E-state index in [-0.39, 0.29) is 31.0 Å². The van der Waals surface area contributed by atoms with Gasteiger partial charge in [-0.25, -0.2) is 0 Å². The van der Waals surface area contributed by atoms with Gasteiger partial charge >= 0.3 is 0 Å². The number of carbonyl (C=O) groups excluding carboxylic acids is 1. The number of aliphatic hydroxyl groups excluding tert-OH is 1. The summed E-state index contributed by atoms with van der Waals surface area (Å²) in [4.78, 5) is 12.0. The smallest absolute Gasteiger partial charge is 0.229 e. The third-order valence-electron chi connectivity index (χ3n) is 2.81. The molecule has 0 aliphatic carbocycles. The van der Waals surface area contributed by atoms with Crippen LogP contribution in [0.4, 0.5) is 0 Å². The summed E-state index contributed by atoms with van der Waals surface area (Å²) < 4.78 is 0. The molecule has 0 saturated heterocycles. The van der Waals surface area contributed by atoms with Crippen molar-refractivity contribution in [1.82, 2.24) is 5.32 Å². The summed E-state index contributed by atoms with van der Waals surface area (Å²) in [6.07, 6.45) is 0.703. The Labute approximate surface area is 102 Å². The molecule has 0 saturated carbocycles. The number of benzene rings is 1. The zero-order valence-corrected chi connectivity index (χ0v) is 10.1. The van der Waals surface area contributed by atoms with E-state index < -0.39 is 0 Å². The predicted molar refractivity (Wildman–Crippen MR) is 67.5 cm³/mol. The molecule has 1 rings (SSSR count). The zero-order chi connectivity index (χ0) is 12.7. The summed E-state index contributed by atoms with van der Waals surface area (Å²) in [6, 6.07) is 9.25. The number of nitrogens with one attached hydrogen (secondary N) is 1. The average Bonchev–Trinajstić information content (AvgIpc) is 2.38. The lowest BCUT2D eigenvalue weighted by molar-refractivity contribution is -0.123. The fourth-order valence-electron chi connectivity index (χ4n) is 1.66. The molecule has 0 heterocycles. The molecule has 4 nitrogen and oxygen atoms in total. The van der Waals surface area contributed by atoms with E-state index >= 15 is 0 Å². The molecule has 1 aromatic rings. The number of hydrogen-bond acceptors (Lipinski definition) is 3. The minimum Gasteiger partial charge on any atom is -0.394 e. The molecule has 0 aliphatic rings. The van der Waals surface area contributed by atoms with Gasteiger partial charge in [0.2, 0.25) is 5.91 Å². The van der Waals surface area contributed by atoms with Crippen LogP contribution in [-0.4, -0.2) is 30.2 Å². The van der Waals surface area contributed by atoms with Crippen molar-refractivity contribution in [2.45, 2.75) is 25.3 Å². The van der Waals surface area contributed by atoms with Gasteiger partial charge < -0.3 is 16.2 Å². The zero-order valence-electron chi connectivity index (χ0n) is 10.1. The number of hydrogen-bond donors (Lipinski definition) is 3. The topological polar surface area (TPSA) is 75.3 Å². The summed E-state index contributed by atoms with van der Waals surface area (Å²) in [5.74, 6) is -0.476. The summed E-state index contributed by atoms with van der Waals surface area (Å²) in [5, 5.41) is 11.9. The van der Waals surface area contributed by atoms with E-state index in [2.05, 4.69) is 5.32 Å². The molecule has 2 unspecified atom stereocenters. The first-order valence-electron chi connectivity index (χ1n) is 5.89. The number of rotatable bonds is 6. The Bertz CT molecular complexity index is 337. The van der Waals surface area contributed by atoms with Crippen molar-refractivity contribution in [3.8, 4) is 0 Å². The fourth-order valence-corrected chi connectivity index (χ4v) is 1.66. The largest absolute Gasteiger partial charge is 0.394 e. The lowest BCUT2D eigenvalue weighted by Gasteiger charge is -2.19. The third-order valence-corrected chi connectivity index (χ3v) is 2.81. The second-order valence-corrected chi connectivity index (χ2v) is 4.00. The van der Waals surface area contributed by atoms with Crippen molar-refractivity contribution in [1.29, 1.82) is 0 Å². The lowest BCUT2D eigenvalue weighted by Crippen LogP contribution is -2.41. The molecule has 0 radical (unpaired) electrons. The van der Waals surface area contributed by atoms with Gasteiger partial charge in [0.05, 0.1) is 18.6 Å². The summed E-state index contributed by atoms with van der Waals surface area (Å²) >= 11 is 0. The van der Waals surface area contributed by atoms with Crippen LogP contribution in [0.15, 0.2) is 30.3 Å². The molecular formula is C13H20N2O2. The fraction of sp³-hybridized carbons (Fsp3) is 0.462. The standard InChI is InChI=1S/C13H20N2O2/c1-2-11(9-16)15-13(17)12(8-14)10-6-4-3-5-7-10/h3-7,11-12,16H,2,8-9,14H2,1H3,(H,15,17). The van der Waals surface area contributed by atoms with E-state index in [4.69, 9.17) is 10.8 Å². The molecule has 2 atom stereocenters. The molecule has 1 amide bonds. The molecule has 4 N–H and O–H groups in total. The van der Waals surface area contributed by atoms with Gasteiger partial charge in [-0.15, -0.1) is 0 Å². The maximum Gasteiger partial charge on any atom is 0.229 e. The van der Waals surface area contributed by atoms with Crippen LogP contribution in [0.25, 0.3) is 0 Å². The van der Waals surface area contributed by atoms with Gasteiger partial charge in [-0.2, -0.15) is 0 Å². The molecule has 0 spiro atoms. The molecule has 1 aromatic carbocycles. The normalized spacial score (nSPS) is 14.1. The molecule has 0 aliphatic heterocycles. The highest BCUT2D eigenvalue weighted by Crippen LogP contribution is 2.14. The molecule has 17 heavy (non-hydrogen) atoms. The van der Waals surface area contributed by atoms with E-state index in [9.17, 15) is 4.79 Å². The molecule has 94 valence electrons. The Kier molecular flexibility index (Phi) is 5.66. The van der Waals surface area contributed by atoms with Crippen LogP contribution >= 0.6 is 0 Å². The summed E-state index contributed by atoms with van der Waals surface area (Å²) in [7, 11) is 0.